The van der Waals surface area contributed by atoms with E-state index in [9.17, 15) is 14.0 Å². The molecule has 31 heavy (non-hydrogen) atoms. The Morgan fingerprint density at radius 3 is 2.65 bits per heavy atom. The second-order valence-corrected chi connectivity index (χ2v) is 7.21. The van der Waals surface area contributed by atoms with Gasteiger partial charge in [-0.25, -0.2) is 9.18 Å². The third kappa shape index (κ3) is 3.38. The number of aryl methyl sites for hydroxylation is 1. The normalized spacial score (nSPS) is 14.0. The lowest BCUT2D eigenvalue weighted by Crippen LogP contribution is -2.08. The molecule has 0 amide bonds. The fourth-order valence-corrected chi connectivity index (χ4v) is 3.61. The van der Waals surface area contributed by atoms with E-state index in [1.54, 1.807) is 12.1 Å². The van der Waals surface area contributed by atoms with Crippen LogP contribution in [0.3, 0.4) is 0 Å². The maximum Gasteiger partial charge on any atom is 0.343 e. The Balaban J connectivity index is 1.41. The van der Waals surface area contributed by atoms with Crippen LogP contribution >= 0.6 is 0 Å². The van der Waals surface area contributed by atoms with Crippen LogP contribution in [-0.4, -0.2) is 16.3 Å². The average Bonchev–Trinajstić information content (AvgIpc) is 3.25. The standard InChI is InChI=1S/C25H16FNO4/c1-27-14-16(19-4-2-3-5-21(19)27)12-23-24(28)20-11-10-18(13-22(20)31-23)30-25(29)15-6-8-17(26)9-7-15/h2-14H,1H3. The summed E-state index contributed by atoms with van der Waals surface area (Å²) in [5.74, 6) is -0.553. The van der Waals surface area contributed by atoms with Crippen LogP contribution in [-0.2, 0) is 7.05 Å². The number of carbonyl (C=O) groups is 2. The summed E-state index contributed by atoms with van der Waals surface area (Å²) < 4.78 is 26.2. The van der Waals surface area contributed by atoms with Gasteiger partial charge in [0, 0.05) is 35.8 Å². The SMILES string of the molecule is Cn1cc(C=C2Oc3cc(OC(=O)c4ccc(F)cc4)ccc3C2=O)c2ccccc21. The Kier molecular flexibility index (Phi) is 4.40. The van der Waals surface area contributed by atoms with Gasteiger partial charge in [0.15, 0.2) is 5.76 Å². The number of aromatic nitrogens is 1. The van der Waals surface area contributed by atoms with Crippen LogP contribution in [0, 0.1) is 5.82 Å². The van der Waals surface area contributed by atoms with Gasteiger partial charge in [0.25, 0.3) is 0 Å². The van der Waals surface area contributed by atoms with E-state index in [1.165, 1.54) is 36.4 Å². The zero-order valence-corrected chi connectivity index (χ0v) is 16.5. The van der Waals surface area contributed by atoms with Gasteiger partial charge in [-0.05, 0) is 48.5 Å². The zero-order chi connectivity index (χ0) is 21.5. The van der Waals surface area contributed by atoms with Gasteiger partial charge >= 0.3 is 5.97 Å². The van der Waals surface area contributed by atoms with E-state index in [4.69, 9.17) is 9.47 Å². The fourth-order valence-electron chi connectivity index (χ4n) is 3.61. The lowest BCUT2D eigenvalue weighted by Gasteiger charge is -2.05. The average molecular weight is 413 g/mol. The molecule has 0 unspecified atom stereocenters. The third-order valence-electron chi connectivity index (χ3n) is 5.15. The van der Waals surface area contributed by atoms with Gasteiger partial charge < -0.3 is 14.0 Å². The van der Waals surface area contributed by atoms with E-state index in [1.807, 2.05) is 42.1 Å². The molecule has 2 heterocycles. The number of halogens is 1. The van der Waals surface area contributed by atoms with E-state index < -0.39 is 11.8 Å². The number of ketones is 1. The van der Waals surface area contributed by atoms with Crippen LogP contribution in [0.4, 0.5) is 4.39 Å². The number of ether oxygens (including phenoxy) is 2. The third-order valence-corrected chi connectivity index (χ3v) is 5.15. The molecule has 0 spiro atoms. The van der Waals surface area contributed by atoms with Crippen molar-refractivity contribution in [2.45, 2.75) is 0 Å². The van der Waals surface area contributed by atoms with Crippen LogP contribution in [0.5, 0.6) is 11.5 Å². The van der Waals surface area contributed by atoms with Gasteiger partial charge in [0.1, 0.15) is 17.3 Å². The minimum atomic E-state index is -0.629. The van der Waals surface area contributed by atoms with Crippen LogP contribution in [0.1, 0.15) is 26.3 Å². The number of fused-ring (bicyclic) bond motifs is 2. The molecule has 6 heteroatoms. The predicted octanol–water partition coefficient (Wildman–Crippen LogP) is 5.15. The Morgan fingerprint density at radius 1 is 1.06 bits per heavy atom. The molecule has 1 aliphatic rings. The number of esters is 1. The van der Waals surface area contributed by atoms with Crippen LogP contribution < -0.4 is 9.47 Å². The summed E-state index contributed by atoms with van der Waals surface area (Å²) in [6.07, 6.45) is 3.65. The van der Waals surface area contributed by atoms with Crippen molar-refractivity contribution in [3.63, 3.8) is 0 Å². The van der Waals surface area contributed by atoms with Crippen molar-refractivity contribution in [3.05, 3.63) is 101 Å². The van der Waals surface area contributed by atoms with Crippen molar-refractivity contribution in [1.82, 2.24) is 4.57 Å². The quantitative estimate of drug-likeness (QED) is 0.265. The van der Waals surface area contributed by atoms with Gasteiger partial charge in [-0.3, -0.25) is 4.79 Å². The molecule has 1 aliphatic heterocycles. The smallest absolute Gasteiger partial charge is 0.343 e. The number of rotatable bonds is 3. The summed E-state index contributed by atoms with van der Waals surface area (Å²) in [4.78, 5) is 25.0. The van der Waals surface area contributed by atoms with Crippen molar-refractivity contribution in [1.29, 1.82) is 0 Å². The maximum atomic E-state index is 13.0. The van der Waals surface area contributed by atoms with Crippen LogP contribution in [0.15, 0.2) is 78.7 Å². The van der Waals surface area contributed by atoms with E-state index in [0.717, 1.165) is 16.5 Å². The number of allylic oxidation sites excluding steroid dienone is 1. The van der Waals surface area contributed by atoms with Gasteiger partial charge in [0.2, 0.25) is 5.78 Å². The Bertz CT molecular complexity index is 1380. The molecule has 0 N–H and O–H groups in total. The molecular formula is C25H16FNO4. The van der Waals surface area contributed by atoms with E-state index >= 15 is 0 Å². The van der Waals surface area contributed by atoms with Crippen molar-refractivity contribution in [2.75, 3.05) is 0 Å². The van der Waals surface area contributed by atoms with E-state index in [2.05, 4.69) is 0 Å². The Labute approximate surface area is 176 Å². The lowest BCUT2D eigenvalue weighted by molar-refractivity contribution is 0.0734. The molecule has 0 saturated heterocycles. The Morgan fingerprint density at radius 2 is 1.84 bits per heavy atom. The molecule has 0 saturated carbocycles. The summed E-state index contributed by atoms with van der Waals surface area (Å²) in [6.45, 7) is 0. The Hall–Kier alpha value is -4.19. The summed E-state index contributed by atoms with van der Waals surface area (Å²) in [7, 11) is 1.94. The van der Waals surface area contributed by atoms with Crippen LogP contribution in [0.25, 0.3) is 17.0 Å². The minimum absolute atomic E-state index is 0.202. The summed E-state index contributed by atoms with van der Waals surface area (Å²) >= 11 is 0. The highest BCUT2D eigenvalue weighted by molar-refractivity contribution is 6.15. The topological polar surface area (TPSA) is 57.5 Å². The molecular weight excluding hydrogens is 397 g/mol. The summed E-state index contributed by atoms with van der Waals surface area (Å²) in [5.41, 5.74) is 2.54. The van der Waals surface area contributed by atoms with Crippen molar-refractivity contribution >= 4 is 28.7 Å². The predicted molar refractivity (Wildman–Crippen MR) is 114 cm³/mol. The zero-order valence-electron chi connectivity index (χ0n) is 16.5. The highest BCUT2D eigenvalue weighted by atomic mass is 19.1. The number of carbonyl (C=O) groups excluding carboxylic acids is 2. The van der Waals surface area contributed by atoms with E-state index in [-0.39, 0.29) is 22.9 Å². The van der Waals surface area contributed by atoms with Gasteiger partial charge in [-0.1, -0.05) is 18.2 Å². The molecule has 0 atom stereocenters. The number of benzene rings is 3. The van der Waals surface area contributed by atoms with Crippen molar-refractivity contribution in [2.24, 2.45) is 7.05 Å². The van der Waals surface area contributed by atoms with E-state index in [0.29, 0.717) is 11.3 Å². The minimum Gasteiger partial charge on any atom is -0.452 e. The molecule has 0 radical (unpaired) electrons. The fraction of sp³-hybridized carbons (Fsp3) is 0.0400. The molecule has 1 aromatic heterocycles. The van der Waals surface area contributed by atoms with Gasteiger partial charge in [0.05, 0.1) is 11.1 Å². The first-order chi connectivity index (χ1) is 15.0. The lowest BCUT2D eigenvalue weighted by atomic mass is 10.1. The maximum absolute atomic E-state index is 13.0. The molecule has 0 fully saturated rings. The molecule has 5 rings (SSSR count). The van der Waals surface area contributed by atoms with Crippen LogP contribution in [0.2, 0.25) is 0 Å². The first-order valence-electron chi connectivity index (χ1n) is 9.60. The number of hydrogen-bond acceptors (Lipinski definition) is 4. The highest BCUT2D eigenvalue weighted by Crippen LogP contribution is 2.36. The number of Topliss-reactive ketones (excluding diaryl/α,β-unsaturated/α-hetero) is 1. The second kappa shape index (κ2) is 7.25. The molecule has 0 bridgehead atoms. The number of nitrogens with zero attached hydrogens (tertiary/aromatic N) is 1. The largest absolute Gasteiger partial charge is 0.452 e. The molecule has 4 aromatic rings. The van der Waals surface area contributed by atoms with Crippen molar-refractivity contribution < 1.29 is 23.5 Å². The monoisotopic (exact) mass is 413 g/mol. The summed E-state index contributed by atoms with van der Waals surface area (Å²) in [5, 5.41) is 1.01. The molecule has 152 valence electrons. The van der Waals surface area contributed by atoms with Crippen molar-refractivity contribution in [3.8, 4) is 11.5 Å². The van der Waals surface area contributed by atoms with Gasteiger partial charge in [-0.2, -0.15) is 0 Å². The van der Waals surface area contributed by atoms with Gasteiger partial charge in [-0.15, -0.1) is 0 Å². The molecule has 0 aliphatic carbocycles. The first kappa shape index (κ1) is 18.8. The first-order valence-corrected chi connectivity index (χ1v) is 9.60. The molecule has 3 aromatic carbocycles. The highest BCUT2D eigenvalue weighted by Gasteiger charge is 2.28. The summed E-state index contributed by atoms with van der Waals surface area (Å²) in [6, 6.07) is 17.5. The molecule has 5 nitrogen and oxygen atoms in total. The number of para-hydroxylation sites is 1. The number of hydrogen-bond donors (Lipinski definition) is 0. The second-order valence-electron chi connectivity index (χ2n) is 7.21.